The molecule has 0 spiro atoms. The Labute approximate surface area is 105 Å². The van der Waals surface area contributed by atoms with Gasteiger partial charge in [0.1, 0.15) is 6.10 Å². The van der Waals surface area contributed by atoms with Crippen LogP contribution < -0.4 is 0 Å². The lowest BCUT2D eigenvalue weighted by Crippen LogP contribution is -2.37. The molecule has 1 N–H and O–H groups in total. The molecule has 1 fully saturated rings. The maximum atomic E-state index is 10.7. The fourth-order valence-electron chi connectivity index (χ4n) is 1.71. The molecule has 1 unspecified atom stereocenters. The summed E-state index contributed by atoms with van der Waals surface area (Å²) in [6, 6.07) is 9.60. The zero-order valence-corrected chi connectivity index (χ0v) is 10.1. The number of hydrogen-bond donors (Lipinski definition) is 1. The summed E-state index contributed by atoms with van der Waals surface area (Å²) in [7, 11) is 0. The molecule has 18 heavy (non-hydrogen) atoms. The van der Waals surface area contributed by atoms with Crippen molar-refractivity contribution in [2.24, 2.45) is 0 Å². The van der Waals surface area contributed by atoms with Crippen molar-refractivity contribution in [3.63, 3.8) is 0 Å². The van der Waals surface area contributed by atoms with Crippen LogP contribution in [0.4, 0.5) is 0 Å². The number of carboxylic acids is 1. The number of benzene rings is 1. The van der Waals surface area contributed by atoms with E-state index in [-0.39, 0.29) is 6.10 Å². The van der Waals surface area contributed by atoms with Gasteiger partial charge in [-0.05, 0) is 6.92 Å². The van der Waals surface area contributed by atoms with E-state index in [0.717, 1.165) is 5.56 Å². The quantitative estimate of drug-likeness (QED) is 0.881. The van der Waals surface area contributed by atoms with Crippen LogP contribution in [0.1, 0.15) is 18.8 Å². The van der Waals surface area contributed by atoms with Gasteiger partial charge in [0, 0.05) is 5.56 Å². The molecule has 98 valence electrons. The summed E-state index contributed by atoms with van der Waals surface area (Å²) >= 11 is 0. The fraction of sp³-hybridized carbons (Fsp3) is 0.462. The molecule has 0 aromatic heterocycles. The highest BCUT2D eigenvalue weighted by atomic mass is 16.7. The standard InChI is InChI=1S/C13H16O5/c1-9(12(14)15)18-11-7-16-13(17-8-11)10-5-3-2-4-6-10/h2-6,9,11,13H,7-8H2,1H3,(H,14,15). The maximum absolute atomic E-state index is 10.7. The summed E-state index contributed by atoms with van der Waals surface area (Å²) < 4.78 is 16.3. The maximum Gasteiger partial charge on any atom is 0.332 e. The Kier molecular flexibility index (Phi) is 4.30. The van der Waals surface area contributed by atoms with Gasteiger partial charge in [0.2, 0.25) is 0 Å². The van der Waals surface area contributed by atoms with Crippen LogP contribution in [0.15, 0.2) is 30.3 Å². The monoisotopic (exact) mass is 252 g/mol. The second-order valence-electron chi connectivity index (χ2n) is 4.15. The summed E-state index contributed by atoms with van der Waals surface area (Å²) in [5, 5.41) is 8.74. The minimum Gasteiger partial charge on any atom is -0.479 e. The number of rotatable bonds is 4. The Balaban J connectivity index is 1.83. The van der Waals surface area contributed by atoms with Gasteiger partial charge in [-0.2, -0.15) is 0 Å². The van der Waals surface area contributed by atoms with Crippen molar-refractivity contribution in [1.82, 2.24) is 0 Å². The molecule has 5 nitrogen and oxygen atoms in total. The molecule has 5 heteroatoms. The third kappa shape index (κ3) is 3.29. The van der Waals surface area contributed by atoms with Crippen LogP contribution in [-0.4, -0.2) is 36.5 Å². The van der Waals surface area contributed by atoms with Gasteiger partial charge < -0.3 is 19.3 Å². The van der Waals surface area contributed by atoms with Crippen molar-refractivity contribution >= 4 is 5.97 Å². The van der Waals surface area contributed by atoms with Crippen molar-refractivity contribution < 1.29 is 24.1 Å². The van der Waals surface area contributed by atoms with E-state index >= 15 is 0 Å². The molecular formula is C13H16O5. The van der Waals surface area contributed by atoms with E-state index < -0.39 is 18.4 Å². The third-order valence-corrected chi connectivity index (χ3v) is 2.68. The third-order valence-electron chi connectivity index (χ3n) is 2.68. The van der Waals surface area contributed by atoms with Crippen molar-refractivity contribution in [3.8, 4) is 0 Å². The minimum absolute atomic E-state index is 0.331. The van der Waals surface area contributed by atoms with E-state index in [0.29, 0.717) is 13.2 Å². The number of ether oxygens (including phenoxy) is 3. The van der Waals surface area contributed by atoms with Gasteiger partial charge in [-0.15, -0.1) is 0 Å². The average molecular weight is 252 g/mol. The lowest BCUT2D eigenvalue weighted by atomic mass is 10.2. The summed E-state index contributed by atoms with van der Waals surface area (Å²) in [6.45, 7) is 2.15. The normalized spacial score (nSPS) is 25.6. The lowest BCUT2D eigenvalue weighted by molar-refractivity contribution is -0.238. The molecule has 2 rings (SSSR count). The predicted octanol–water partition coefficient (Wildman–Crippen LogP) is 1.59. The van der Waals surface area contributed by atoms with Gasteiger partial charge in [0.15, 0.2) is 12.4 Å². The van der Waals surface area contributed by atoms with Gasteiger partial charge in [0.25, 0.3) is 0 Å². The van der Waals surface area contributed by atoms with Crippen LogP contribution in [0.5, 0.6) is 0 Å². The molecule has 1 atom stereocenters. The highest BCUT2D eigenvalue weighted by molar-refractivity contribution is 5.71. The van der Waals surface area contributed by atoms with Gasteiger partial charge >= 0.3 is 5.97 Å². The summed E-state index contributed by atoms with van der Waals surface area (Å²) in [5.74, 6) is -0.986. The lowest BCUT2D eigenvalue weighted by Gasteiger charge is -2.30. The molecular weight excluding hydrogens is 236 g/mol. The van der Waals surface area contributed by atoms with Gasteiger partial charge in [-0.3, -0.25) is 0 Å². The van der Waals surface area contributed by atoms with E-state index in [9.17, 15) is 4.79 Å². The van der Waals surface area contributed by atoms with E-state index in [4.69, 9.17) is 19.3 Å². The molecule has 1 aliphatic heterocycles. The van der Waals surface area contributed by atoms with Crippen LogP contribution >= 0.6 is 0 Å². The Morgan fingerprint density at radius 2 is 1.94 bits per heavy atom. The highest BCUT2D eigenvalue weighted by Gasteiger charge is 2.26. The molecule has 1 heterocycles. The Bertz CT molecular complexity index is 384. The largest absolute Gasteiger partial charge is 0.479 e. The van der Waals surface area contributed by atoms with Crippen molar-refractivity contribution in [2.75, 3.05) is 13.2 Å². The minimum atomic E-state index is -0.986. The fourth-order valence-corrected chi connectivity index (χ4v) is 1.71. The van der Waals surface area contributed by atoms with Crippen LogP contribution in [0.2, 0.25) is 0 Å². The van der Waals surface area contributed by atoms with E-state index in [1.54, 1.807) is 0 Å². The Hall–Kier alpha value is -1.43. The van der Waals surface area contributed by atoms with Crippen LogP contribution in [-0.2, 0) is 19.0 Å². The molecule has 0 bridgehead atoms. The molecule has 0 saturated carbocycles. The number of hydrogen-bond acceptors (Lipinski definition) is 4. The van der Waals surface area contributed by atoms with Crippen LogP contribution in [0.25, 0.3) is 0 Å². The number of aliphatic carboxylic acids is 1. The molecule has 1 saturated heterocycles. The van der Waals surface area contributed by atoms with E-state index in [2.05, 4.69) is 0 Å². The number of carboxylic acid groups (broad SMARTS) is 1. The second kappa shape index (κ2) is 5.95. The Morgan fingerprint density at radius 1 is 1.33 bits per heavy atom. The predicted molar refractivity (Wildman–Crippen MR) is 63.1 cm³/mol. The molecule has 1 aromatic rings. The highest BCUT2D eigenvalue weighted by Crippen LogP contribution is 2.23. The van der Waals surface area contributed by atoms with Gasteiger partial charge in [-0.1, -0.05) is 30.3 Å². The molecule has 1 aliphatic rings. The van der Waals surface area contributed by atoms with Crippen LogP contribution in [0.3, 0.4) is 0 Å². The van der Waals surface area contributed by atoms with Crippen molar-refractivity contribution in [3.05, 3.63) is 35.9 Å². The molecule has 0 radical (unpaired) electrons. The smallest absolute Gasteiger partial charge is 0.332 e. The van der Waals surface area contributed by atoms with Crippen LogP contribution in [0, 0.1) is 0 Å². The summed E-state index contributed by atoms with van der Waals surface area (Å²) in [5.41, 5.74) is 0.947. The molecule has 0 aliphatic carbocycles. The Morgan fingerprint density at radius 3 is 2.50 bits per heavy atom. The topological polar surface area (TPSA) is 65.0 Å². The van der Waals surface area contributed by atoms with Crippen molar-refractivity contribution in [1.29, 1.82) is 0 Å². The first-order valence-corrected chi connectivity index (χ1v) is 5.83. The first-order valence-electron chi connectivity index (χ1n) is 5.83. The molecule has 0 amide bonds. The summed E-state index contributed by atoms with van der Waals surface area (Å²) in [6.07, 6.45) is -1.59. The SMILES string of the molecule is CC(OC1COC(c2ccccc2)OC1)C(=O)O. The zero-order valence-electron chi connectivity index (χ0n) is 10.1. The first-order chi connectivity index (χ1) is 8.66. The van der Waals surface area contributed by atoms with Crippen molar-refractivity contribution in [2.45, 2.75) is 25.4 Å². The summed E-state index contributed by atoms with van der Waals surface area (Å²) in [4.78, 5) is 10.7. The van der Waals surface area contributed by atoms with Gasteiger partial charge in [-0.25, -0.2) is 4.79 Å². The van der Waals surface area contributed by atoms with E-state index in [1.807, 2.05) is 30.3 Å². The molecule has 1 aromatic carbocycles. The van der Waals surface area contributed by atoms with E-state index in [1.165, 1.54) is 6.92 Å². The average Bonchev–Trinajstić information content (AvgIpc) is 2.40. The first kappa shape index (κ1) is 13.0. The van der Waals surface area contributed by atoms with Gasteiger partial charge in [0.05, 0.1) is 13.2 Å². The second-order valence-corrected chi connectivity index (χ2v) is 4.15. The zero-order chi connectivity index (χ0) is 13.0. The number of carbonyl (C=O) groups is 1.